The largest absolute Gasteiger partial charge is 0.457 e. The van der Waals surface area contributed by atoms with E-state index >= 15 is 0 Å². The maximum atomic E-state index is 12.4. The number of sulfonamides is 1. The average molecular weight is 398 g/mol. The first-order valence-corrected chi connectivity index (χ1v) is 11.0. The lowest BCUT2D eigenvalue weighted by Crippen LogP contribution is -2.30. The van der Waals surface area contributed by atoms with Crippen molar-refractivity contribution >= 4 is 26.6 Å². The van der Waals surface area contributed by atoms with Gasteiger partial charge in [0.25, 0.3) is 0 Å². The van der Waals surface area contributed by atoms with Crippen LogP contribution in [0, 0.1) is 0 Å². The van der Waals surface area contributed by atoms with Gasteiger partial charge in [0.05, 0.1) is 17.4 Å². The molecule has 0 aliphatic carbocycles. The normalized spacial score (nSPS) is 17.4. The number of pyridine rings is 1. The van der Waals surface area contributed by atoms with E-state index in [1.807, 2.05) is 30.3 Å². The standard InChI is InChI=1S/C21H22N2O4S/c24-28(25,15-18-5-3-4-14-26-18)23-16-8-10-17(11-9-16)27-21-12-13-22-20-7-2-1-6-19(20)21/h1-2,6-13,18,23H,3-5,14-15H2. The first-order valence-electron chi connectivity index (χ1n) is 9.33. The lowest BCUT2D eigenvalue weighted by atomic mass is 10.1. The van der Waals surface area contributed by atoms with Gasteiger partial charge in [-0.25, -0.2) is 8.42 Å². The fraction of sp³-hybridized carbons (Fsp3) is 0.286. The van der Waals surface area contributed by atoms with Crippen LogP contribution < -0.4 is 9.46 Å². The van der Waals surface area contributed by atoms with Gasteiger partial charge in [-0.15, -0.1) is 0 Å². The quantitative estimate of drug-likeness (QED) is 0.668. The molecule has 1 aliphatic rings. The number of hydrogen-bond donors (Lipinski definition) is 1. The SMILES string of the molecule is O=S(=O)(CC1CCCCO1)Nc1ccc(Oc2ccnc3ccccc23)cc1. The van der Waals surface area contributed by atoms with Crippen molar-refractivity contribution in [3.63, 3.8) is 0 Å². The number of ether oxygens (including phenoxy) is 2. The van der Waals surface area contributed by atoms with E-state index in [4.69, 9.17) is 9.47 Å². The van der Waals surface area contributed by atoms with E-state index < -0.39 is 10.0 Å². The maximum Gasteiger partial charge on any atom is 0.235 e. The van der Waals surface area contributed by atoms with Crippen LogP contribution in [-0.2, 0) is 14.8 Å². The average Bonchev–Trinajstić information content (AvgIpc) is 2.70. The van der Waals surface area contributed by atoms with Crippen molar-refractivity contribution in [2.75, 3.05) is 17.1 Å². The summed E-state index contributed by atoms with van der Waals surface area (Å²) in [4.78, 5) is 4.32. The highest BCUT2D eigenvalue weighted by Gasteiger charge is 2.22. The minimum atomic E-state index is -3.46. The summed E-state index contributed by atoms with van der Waals surface area (Å²) >= 11 is 0. The van der Waals surface area contributed by atoms with Crippen LogP contribution in [0.15, 0.2) is 60.8 Å². The van der Waals surface area contributed by atoms with Gasteiger partial charge in [-0.05, 0) is 61.7 Å². The Bertz CT molecular complexity index is 1040. The Balaban J connectivity index is 1.43. The van der Waals surface area contributed by atoms with Crippen molar-refractivity contribution in [2.24, 2.45) is 0 Å². The van der Waals surface area contributed by atoms with E-state index in [-0.39, 0.29) is 11.9 Å². The van der Waals surface area contributed by atoms with Crippen LogP contribution in [0.25, 0.3) is 10.9 Å². The molecule has 1 saturated heterocycles. The summed E-state index contributed by atoms with van der Waals surface area (Å²) in [7, 11) is -3.46. The topological polar surface area (TPSA) is 77.5 Å². The zero-order chi connectivity index (χ0) is 19.4. The van der Waals surface area contributed by atoms with Gasteiger partial charge in [0.15, 0.2) is 0 Å². The van der Waals surface area contributed by atoms with Crippen molar-refractivity contribution in [2.45, 2.75) is 25.4 Å². The molecule has 1 N–H and O–H groups in total. The van der Waals surface area contributed by atoms with Crippen molar-refractivity contribution < 1.29 is 17.9 Å². The Morgan fingerprint density at radius 2 is 1.89 bits per heavy atom. The van der Waals surface area contributed by atoms with Crippen LogP contribution in [-0.4, -0.2) is 31.9 Å². The van der Waals surface area contributed by atoms with E-state index in [0.717, 1.165) is 30.2 Å². The van der Waals surface area contributed by atoms with Crippen LogP contribution >= 0.6 is 0 Å². The second-order valence-electron chi connectivity index (χ2n) is 6.82. The van der Waals surface area contributed by atoms with Crippen molar-refractivity contribution in [1.82, 2.24) is 4.98 Å². The molecule has 6 nitrogen and oxygen atoms in total. The van der Waals surface area contributed by atoms with Gasteiger partial charge >= 0.3 is 0 Å². The number of aromatic nitrogens is 1. The van der Waals surface area contributed by atoms with Gasteiger partial charge in [0.1, 0.15) is 11.5 Å². The fourth-order valence-corrected chi connectivity index (χ4v) is 4.61. The Kier molecular flexibility index (Phi) is 5.45. The van der Waals surface area contributed by atoms with Gasteiger partial charge in [-0.2, -0.15) is 0 Å². The van der Waals surface area contributed by atoms with Crippen LogP contribution in [0.4, 0.5) is 5.69 Å². The first kappa shape index (κ1) is 18.7. The lowest BCUT2D eigenvalue weighted by Gasteiger charge is -2.22. The molecule has 2 aromatic carbocycles. The van der Waals surface area contributed by atoms with Crippen LogP contribution in [0.5, 0.6) is 11.5 Å². The smallest absolute Gasteiger partial charge is 0.235 e. The molecule has 28 heavy (non-hydrogen) atoms. The van der Waals surface area contributed by atoms with Gasteiger partial charge in [-0.3, -0.25) is 9.71 Å². The fourth-order valence-electron chi connectivity index (χ4n) is 3.28. The molecule has 1 unspecified atom stereocenters. The minimum Gasteiger partial charge on any atom is -0.457 e. The van der Waals surface area contributed by atoms with Crippen molar-refractivity contribution in [3.8, 4) is 11.5 Å². The van der Waals surface area contributed by atoms with Crippen LogP contribution in [0.1, 0.15) is 19.3 Å². The summed E-state index contributed by atoms with van der Waals surface area (Å²) in [6.45, 7) is 0.635. The highest BCUT2D eigenvalue weighted by Crippen LogP contribution is 2.29. The molecule has 2 heterocycles. The monoisotopic (exact) mass is 398 g/mol. The molecule has 1 atom stereocenters. The van der Waals surface area contributed by atoms with E-state index in [9.17, 15) is 8.42 Å². The first-order chi connectivity index (χ1) is 13.6. The summed E-state index contributed by atoms with van der Waals surface area (Å²) in [5.74, 6) is 1.30. The molecule has 1 aromatic heterocycles. The Labute approximate surface area is 164 Å². The number of hydrogen-bond acceptors (Lipinski definition) is 5. The Morgan fingerprint density at radius 3 is 2.68 bits per heavy atom. The Morgan fingerprint density at radius 1 is 1.07 bits per heavy atom. The Hall–Kier alpha value is -2.64. The van der Waals surface area contributed by atoms with E-state index in [0.29, 0.717) is 23.8 Å². The molecule has 4 rings (SSSR count). The number of rotatable bonds is 6. The molecule has 1 aliphatic heterocycles. The summed E-state index contributed by atoms with van der Waals surface area (Å²) in [6, 6.07) is 16.4. The number of para-hydroxylation sites is 1. The van der Waals surface area contributed by atoms with Crippen molar-refractivity contribution in [3.05, 3.63) is 60.8 Å². The highest BCUT2D eigenvalue weighted by atomic mass is 32.2. The summed E-state index contributed by atoms with van der Waals surface area (Å²) < 4.78 is 38.8. The number of nitrogens with one attached hydrogen (secondary N) is 1. The lowest BCUT2D eigenvalue weighted by molar-refractivity contribution is 0.0306. The maximum absolute atomic E-state index is 12.4. The molecular formula is C21H22N2O4S. The molecule has 3 aromatic rings. The number of nitrogens with zero attached hydrogens (tertiary/aromatic N) is 1. The van der Waals surface area contributed by atoms with E-state index in [1.54, 1.807) is 30.5 Å². The van der Waals surface area contributed by atoms with E-state index in [1.165, 1.54) is 0 Å². The second kappa shape index (κ2) is 8.16. The highest BCUT2D eigenvalue weighted by molar-refractivity contribution is 7.92. The van der Waals surface area contributed by atoms with E-state index in [2.05, 4.69) is 9.71 Å². The third-order valence-corrected chi connectivity index (χ3v) is 6.00. The molecule has 7 heteroatoms. The molecule has 146 valence electrons. The molecule has 0 bridgehead atoms. The molecule has 0 saturated carbocycles. The zero-order valence-electron chi connectivity index (χ0n) is 15.4. The molecule has 0 amide bonds. The predicted molar refractivity (Wildman–Crippen MR) is 109 cm³/mol. The summed E-state index contributed by atoms with van der Waals surface area (Å²) in [6.07, 6.45) is 4.27. The number of benzene rings is 2. The third kappa shape index (κ3) is 4.61. The third-order valence-electron chi connectivity index (χ3n) is 4.64. The van der Waals surface area contributed by atoms with Crippen LogP contribution in [0.3, 0.4) is 0 Å². The summed E-state index contributed by atoms with van der Waals surface area (Å²) in [5.41, 5.74) is 1.36. The number of anilines is 1. The number of fused-ring (bicyclic) bond motifs is 1. The van der Waals surface area contributed by atoms with Gasteiger partial charge in [-0.1, -0.05) is 12.1 Å². The predicted octanol–water partition coefficient (Wildman–Crippen LogP) is 4.34. The summed E-state index contributed by atoms with van der Waals surface area (Å²) in [5, 5.41) is 0.919. The molecule has 0 radical (unpaired) electrons. The van der Waals surface area contributed by atoms with Gasteiger partial charge in [0.2, 0.25) is 10.0 Å². The molecule has 1 fully saturated rings. The second-order valence-corrected chi connectivity index (χ2v) is 8.59. The minimum absolute atomic E-state index is 0.0196. The van der Waals surface area contributed by atoms with Crippen LogP contribution in [0.2, 0.25) is 0 Å². The zero-order valence-corrected chi connectivity index (χ0v) is 16.2. The molecular weight excluding hydrogens is 376 g/mol. The molecule has 0 spiro atoms. The van der Waals surface area contributed by atoms with Gasteiger partial charge in [0, 0.05) is 23.9 Å². The van der Waals surface area contributed by atoms with Gasteiger partial charge < -0.3 is 9.47 Å². The van der Waals surface area contributed by atoms with Crippen molar-refractivity contribution in [1.29, 1.82) is 0 Å².